The van der Waals surface area contributed by atoms with Crippen molar-refractivity contribution in [3.8, 4) is 0 Å². The van der Waals surface area contributed by atoms with Crippen LogP contribution >= 0.6 is 0 Å². The molecule has 0 aromatic heterocycles. The molecule has 1 aromatic carbocycles. The minimum absolute atomic E-state index is 0.305. The monoisotopic (exact) mass is 292 g/mol. The van der Waals surface area contributed by atoms with Crippen LogP contribution < -0.4 is 4.90 Å². The van der Waals surface area contributed by atoms with Gasteiger partial charge in [-0.1, -0.05) is 12.1 Å². The van der Waals surface area contributed by atoms with Crippen LogP contribution in [0.3, 0.4) is 0 Å². The summed E-state index contributed by atoms with van der Waals surface area (Å²) >= 11 is 0. The highest BCUT2D eigenvalue weighted by atomic mass is 19.1. The molecule has 1 aliphatic rings. The zero-order valence-corrected chi connectivity index (χ0v) is 12.4. The van der Waals surface area contributed by atoms with Gasteiger partial charge in [-0.25, -0.2) is 9.18 Å². The summed E-state index contributed by atoms with van der Waals surface area (Å²) in [6.45, 7) is 7.56. The Balaban J connectivity index is 2.21. The molecular formula is C16H21FN2O2. The van der Waals surface area contributed by atoms with Gasteiger partial charge in [0.25, 0.3) is 0 Å². The molecule has 1 N–H and O–H groups in total. The number of aliphatic carboxylic acids is 1. The van der Waals surface area contributed by atoms with Gasteiger partial charge in [-0.2, -0.15) is 0 Å². The molecule has 0 saturated carbocycles. The lowest BCUT2D eigenvalue weighted by Crippen LogP contribution is -2.49. The standard InChI is InChI=1S/C16H21FN2O2/c1-12(2)18-8-10-19(11-9-18)16-13(6-7-15(20)21)4-3-5-14(16)17/h3-7,12H,8-11H2,1-2H3,(H,20,21)/b7-6+. The predicted molar refractivity (Wildman–Crippen MR) is 82.0 cm³/mol. The normalized spacial score (nSPS) is 16.9. The Hall–Kier alpha value is -1.88. The third-order valence-corrected chi connectivity index (χ3v) is 3.78. The number of hydrogen-bond donors (Lipinski definition) is 1. The lowest BCUT2D eigenvalue weighted by Gasteiger charge is -2.38. The SMILES string of the molecule is CC(C)N1CCN(c2c(F)cccc2/C=C/C(=O)O)CC1. The maximum atomic E-state index is 14.2. The minimum atomic E-state index is -1.03. The molecule has 1 aromatic rings. The van der Waals surface area contributed by atoms with E-state index in [1.165, 1.54) is 12.1 Å². The molecule has 0 bridgehead atoms. The number of anilines is 1. The number of carboxylic acid groups (broad SMARTS) is 1. The van der Waals surface area contributed by atoms with Gasteiger partial charge in [0.05, 0.1) is 5.69 Å². The van der Waals surface area contributed by atoms with Crippen LogP contribution in [0.1, 0.15) is 19.4 Å². The van der Waals surface area contributed by atoms with Crippen molar-refractivity contribution in [3.05, 3.63) is 35.7 Å². The van der Waals surface area contributed by atoms with Gasteiger partial charge in [-0.3, -0.25) is 4.90 Å². The first-order chi connectivity index (χ1) is 9.99. The number of carboxylic acids is 1. The summed E-state index contributed by atoms with van der Waals surface area (Å²) in [5.41, 5.74) is 1.11. The molecule has 0 unspecified atom stereocenters. The van der Waals surface area contributed by atoms with E-state index >= 15 is 0 Å². The van der Waals surface area contributed by atoms with Gasteiger partial charge in [0.1, 0.15) is 5.82 Å². The largest absolute Gasteiger partial charge is 0.478 e. The Kier molecular flexibility index (Phi) is 4.96. The molecule has 1 aliphatic heterocycles. The zero-order chi connectivity index (χ0) is 15.4. The lowest BCUT2D eigenvalue weighted by atomic mass is 10.1. The lowest BCUT2D eigenvalue weighted by molar-refractivity contribution is -0.131. The first kappa shape index (κ1) is 15.5. The molecule has 0 aliphatic carbocycles. The second-order valence-electron chi connectivity index (χ2n) is 5.47. The van der Waals surface area contributed by atoms with E-state index < -0.39 is 5.97 Å². The third-order valence-electron chi connectivity index (χ3n) is 3.78. The van der Waals surface area contributed by atoms with Gasteiger partial charge in [0, 0.05) is 43.9 Å². The summed E-state index contributed by atoms with van der Waals surface area (Å²) < 4.78 is 14.2. The number of halogens is 1. The molecule has 1 saturated heterocycles. The van der Waals surface area contributed by atoms with Crippen molar-refractivity contribution in [1.29, 1.82) is 0 Å². The number of hydrogen-bond acceptors (Lipinski definition) is 3. The number of rotatable bonds is 4. The van der Waals surface area contributed by atoms with Crippen LogP contribution in [0.25, 0.3) is 6.08 Å². The van der Waals surface area contributed by atoms with Crippen LogP contribution in [0, 0.1) is 5.82 Å². The minimum Gasteiger partial charge on any atom is -0.478 e. The average Bonchev–Trinajstić information content (AvgIpc) is 2.45. The van der Waals surface area contributed by atoms with Crippen LogP contribution in [0.15, 0.2) is 24.3 Å². The molecule has 2 rings (SSSR count). The molecule has 1 heterocycles. The van der Waals surface area contributed by atoms with Crippen LogP contribution in [-0.4, -0.2) is 48.2 Å². The number of piperazine rings is 1. The predicted octanol–water partition coefficient (Wildman–Crippen LogP) is 2.45. The quantitative estimate of drug-likeness (QED) is 0.866. The van der Waals surface area contributed by atoms with E-state index in [-0.39, 0.29) is 5.82 Å². The fourth-order valence-corrected chi connectivity index (χ4v) is 2.62. The highest BCUT2D eigenvalue weighted by molar-refractivity contribution is 5.87. The molecule has 4 nitrogen and oxygen atoms in total. The second kappa shape index (κ2) is 6.72. The molecule has 0 atom stereocenters. The summed E-state index contributed by atoms with van der Waals surface area (Å²) in [6.07, 6.45) is 2.50. The maximum absolute atomic E-state index is 14.2. The molecule has 0 spiro atoms. The topological polar surface area (TPSA) is 43.8 Å². The van der Waals surface area contributed by atoms with E-state index in [2.05, 4.69) is 18.7 Å². The number of benzene rings is 1. The van der Waals surface area contributed by atoms with E-state index in [4.69, 9.17) is 5.11 Å². The molecular weight excluding hydrogens is 271 g/mol. The van der Waals surface area contributed by atoms with E-state index in [9.17, 15) is 9.18 Å². The Bertz CT molecular complexity index is 535. The van der Waals surface area contributed by atoms with Crippen molar-refractivity contribution in [1.82, 2.24) is 4.90 Å². The fourth-order valence-electron chi connectivity index (χ4n) is 2.62. The fraction of sp³-hybridized carbons (Fsp3) is 0.438. The van der Waals surface area contributed by atoms with Gasteiger partial charge in [-0.05, 0) is 26.0 Å². The highest BCUT2D eigenvalue weighted by Gasteiger charge is 2.22. The van der Waals surface area contributed by atoms with Crippen molar-refractivity contribution >= 4 is 17.7 Å². The number of carbonyl (C=O) groups is 1. The summed E-state index contributed by atoms with van der Waals surface area (Å²) in [7, 11) is 0. The summed E-state index contributed by atoms with van der Waals surface area (Å²) in [5, 5.41) is 8.74. The Labute approximate surface area is 124 Å². The first-order valence-corrected chi connectivity index (χ1v) is 7.17. The average molecular weight is 292 g/mol. The van der Waals surface area contributed by atoms with E-state index in [0.717, 1.165) is 32.3 Å². The van der Waals surface area contributed by atoms with E-state index in [0.29, 0.717) is 17.3 Å². The van der Waals surface area contributed by atoms with Crippen molar-refractivity contribution < 1.29 is 14.3 Å². The molecule has 21 heavy (non-hydrogen) atoms. The van der Waals surface area contributed by atoms with Crippen LogP contribution in [0.2, 0.25) is 0 Å². The molecule has 114 valence electrons. The van der Waals surface area contributed by atoms with E-state index in [1.54, 1.807) is 12.1 Å². The van der Waals surface area contributed by atoms with Gasteiger partial charge < -0.3 is 10.0 Å². The van der Waals surface area contributed by atoms with Crippen LogP contribution in [0.5, 0.6) is 0 Å². The Morgan fingerprint density at radius 1 is 1.29 bits per heavy atom. The van der Waals surface area contributed by atoms with Crippen LogP contribution in [-0.2, 0) is 4.79 Å². The van der Waals surface area contributed by atoms with Crippen molar-refractivity contribution in [2.45, 2.75) is 19.9 Å². The van der Waals surface area contributed by atoms with Gasteiger partial charge in [0.15, 0.2) is 0 Å². The van der Waals surface area contributed by atoms with Crippen molar-refractivity contribution in [2.24, 2.45) is 0 Å². The Morgan fingerprint density at radius 2 is 1.95 bits per heavy atom. The zero-order valence-electron chi connectivity index (χ0n) is 12.4. The maximum Gasteiger partial charge on any atom is 0.328 e. The van der Waals surface area contributed by atoms with Crippen molar-refractivity contribution in [2.75, 3.05) is 31.1 Å². The van der Waals surface area contributed by atoms with Gasteiger partial charge in [0.2, 0.25) is 0 Å². The van der Waals surface area contributed by atoms with Gasteiger partial charge >= 0.3 is 5.97 Å². The van der Waals surface area contributed by atoms with Crippen LogP contribution in [0.4, 0.5) is 10.1 Å². The van der Waals surface area contributed by atoms with E-state index in [1.807, 2.05) is 4.90 Å². The van der Waals surface area contributed by atoms with Crippen molar-refractivity contribution in [3.63, 3.8) is 0 Å². The molecule has 1 fully saturated rings. The summed E-state index contributed by atoms with van der Waals surface area (Å²) in [5.74, 6) is -1.34. The summed E-state index contributed by atoms with van der Waals surface area (Å²) in [4.78, 5) is 15.0. The number of para-hydroxylation sites is 1. The number of nitrogens with zero attached hydrogens (tertiary/aromatic N) is 2. The summed E-state index contributed by atoms with van der Waals surface area (Å²) in [6, 6.07) is 5.25. The molecule has 5 heteroatoms. The molecule has 0 amide bonds. The Morgan fingerprint density at radius 3 is 2.52 bits per heavy atom. The third kappa shape index (κ3) is 3.82. The van der Waals surface area contributed by atoms with Gasteiger partial charge in [-0.15, -0.1) is 0 Å². The first-order valence-electron chi connectivity index (χ1n) is 7.17. The smallest absolute Gasteiger partial charge is 0.328 e. The molecule has 0 radical (unpaired) electrons. The highest BCUT2D eigenvalue weighted by Crippen LogP contribution is 2.27. The second-order valence-corrected chi connectivity index (χ2v) is 5.47.